The van der Waals surface area contributed by atoms with E-state index in [1.807, 2.05) is 36.2 Å². The van der Waals surface area contributed by atoms with E-state index in [9.17, 15) is 9.90 Å². The molecule has 6 rings (SSSR count). The zero-order chi connectivity index (χ0) is 23.2. The molecule has 0 aliphatic carbocycles. The van der Waals surface area contributed by atoms with E-state index in [-0.39, 0.29) is 30.5 Å². The molecule has 7 heteroatoms. The average Bonchev–Trinajstić information content (AvgIpc) is 3.54. The number of hydrogen-bond donors (Lipinski definition) is 2. The Morgan fingerprint density at radius 1 is 1.09 bits per heavy atom. The summed E-state index contributed by atoms with van der Waals surface area (Å²) in [5.74, 6) is 1.55. The fourth-order valence-electron chi connectivity index (χ4n) is 5.62. The van der Waals surface area contributed by atoms with Crippen molar-refractivity contribution in [2.75, 3.05) is 19.6 Å². The predicted molar refractivity (Wildman–Crippen MR) is 130 cm³/mol. The van der Waals surface area contributed by atoms with Gasteiger partial charge in [0.1, 0.15) is 5.82 Å². The van der Waals surface area contributed by atoms with Crippen LogP contribution in [0.3, 0.4) is 0 Å². The highest BCUT2D eigenvalue weighted by atomic mass is 16.3. The van der Waals surface area contributed by atoms with Crippen molar-refractivity contribution in [2.24, 2.45) is 5.92 Å². The van der Waals surface area contributed by atoms with E-state index in [0.29, 0.717) is 25.3 Å². The zero-order valence-corrected chi connectivity index (χ0v) is 19.1. The first kappa shape index (κ1) is 20.9. The number of aliphatic hydroxyl groups is 1. The Balaban J connectivity index is 1.46. The molecule has 2 aromatic carbocycles. The van der Waals surface area contributed by atoms with E-state index >= 15 is 0 Å². The molecule has 1 fully saturated rings. The molecule has 2 aliphatic heterocycles. The molecule has 0 unspecified atom stereocenters. The van der Waals surface area contributed by atoms with Gasteiger partial charge in [-0.1, -0.05) is 42.5 Å². The summed E-state index contributed by atoms with van der Waals surface area (Å²) in [6.07, 6.45) is 1.81. The summed E-state index contributed by atoms with van der Waals surface area (Å²) >= 11 is 0. The van der Waals surface area contributed by atoms with Crippen LogP contribution in [0.1, 0.15) is 36.0 Å². The number of hydrogen-bond acceptors (Lipinski definition) is 4. The molecule has 4 aromatic rings. The second kappa shape index (κ2) is 8.25. The van der Waals surface area contributed by atoms with Gasteiger partial charge in [0.25, 0.3) is 0 Å². The van der Waals surface area contributed by atoms with Crippen molar-refractivity contribution in [1.29, 1.82) is 0 Å². The van der Waals surface area contributed by atoms with Crippen molar-refractivity contribution in [3.05, 3.63) is 83.9 Å². The van der Waals surface area contributed by atoms with Crippen LogP contribution in [0.2, 0.25) is 0 Å². The number of aromatic nitrogens is 3. The number of rotatable bonds is 4. The van der Waals surface area contributed by atoms with Gasteiger partial charge in [0, 0.05) is 43.2 Å². The number of aliphatic hydroxyl groups excluding tert-OH is 1. The Hall–Kier alpha value is -3.71. The first-order valence-electron chi connectivity index (χ1n) is 11.8. The van der Waals surface area contributed by atoms with Crippen LogP contribution in [-0.2, 0) is 6.61 Å². The molecule has 4 heterocycles. The van der Waals surface area contributed by atoms with Crippen LogP contribution in [0, 0.1) is 5.92 Å². The van der Waals surface area contributed by atoms with Crippen LogP contribution in [0.4, 0.5) is 4.79 Å². The summed E-state index contributed by atoms with van der Waals surface area (Å²) in [6.45, 7) is 3.91. The lowest BCUT2D eigenvalue weighted by Gasteiger charge is -2.24. The first-order valence-corrected chi connectivity index (χ1v) is 11.8. The normalized spacial score (nSPS) is 21.0. The van der Waals surface area contributed by atoms with E-state index in [4.69, 9.17) is 4.98 Å². The van der Waals surface area contributed by atoms with Gasteiger partial charge in [-0.3, -0.25) is 4.98 Å². The predicted octanol–water partition coefficient (Wildman–Crippen LogP) is 3.94. The molecule has 172 valence electrons. The van der Waals surface area contributed by atoms with Gasteiger partial charge >= 0.3 is 6.03 Å². The molecule has 3 atom stereocenters. The number of nitrogens with zero attached hydrogens (tertiary/aromatic N) is 4. The molecule has 34 heavy (non-hydrogen) atoms. The van der Waals surface area contributed by atoms with Crippen molar-refractivity contribution in [1.82, 2.24) is 24.8 Å². The van der Waals surface area contributed by atoms with Crippen LogP contribution in [0.25, 0.3) is 22.2 Å². The van der Waals surface area contributed by atoms with Crippen molar-refractivity contribution >= 4 is 17.1 Å². The molecule has 1 saturated heterocycles. The number of carbonyl (C=O) groups excluding carboxylic acids is 1. The van der Waals surface area contributed by atoms with Gasteiger partial charge in [-0.25, -0.2) is 9.78 Å². The molecule has 2 N–H and O–H groups in total. The van der Waals surface area contributed by atoms with E-state index in [0.717, 1.165) is 28.0 Å². The molecule has 7 nitrogen and oxygen atoms in total. The molecule has 0 spiro atoms. The molecular weight excluding hydrogens is 426 g/mol. The molecule has 2 aliphatic rings. The SMILES string of the molecule is CCNC(=O)N1C[C@H]2[C@@H](C1)c1nc3ccc(-c4ccc(CO)nc4)cc3n1[C@H]2c1ccccc1. The summed E-state index contributed by atoms with van der Waals surface area (Å²) in [4.78, 5) is 24.0. The average molecular weight is 454 g/mol. The van der Waals surface area contributed by atoms with Crippen LogP contribution >= 0.6 is 0 Å². The first-order chi connectivity index (χ1) is 16.7. The Bertz CT molecular complexity index is 1350. The summed E-state index contributed by atoms with van der Waals surface area (Å²) in [7, 11) is 0. The maximum absolute atomic E-state index is 12.6. The van der Waals surface area contributed by atoms with Crippen LogP contribution < -0.4 is 5.32 Å². The second-order valence-electron chi connectivity index (χ2n) is 9.11. The number of benzene rings is 2. The van der Waals surface area contributed by atoms with E-state index < -0.39 is 0 Å². The number of urea groups is 1. The Labute approximate surface area is 198 Å². The number of amides is 2. The lowest BCUT2D eigenvalue weighted by molar-refractivity contribution is 0.205. The van der Waals surface area contributed by atoms with Gasteiger partial charge < -0.3 is 19.9 Å². The van der Waals surface area contributed by atoms with Crippen molar-refractivity contribution in [3.8, 4) is 11.1 Å². The number of imidazole rings is 1. The largest absolute Gasteiger partial charge is 0.390 e. The molecular formula is C27H27N5O2. The zero-order valence-electron chi connectivity index (χ0n) is 19.1. The second-order valence-corrected chi connectivity index (χ2v) is 9.11. The lowest BCUT2D eigenvalue weighted by atomic mass is 9.88. The summed E-state index contributed by atoms with van der Waals surface area (Å²) in [6, 6.07) is 20.9. The summed E-state index contributed by atoms with van der Waals surface area (Å²) in [5.41, 5.74) is 6.05. The van der Waals surface area contributed by atoms with Gasteiger partial charge in [0.15, 0.2) is 0 Å². The molecule has 2 aromatic heterocycles. The minimum Gasteiger partial charge on any atom is -0.390 e. The molecule has 0 radical (unpaired) electrons. The smallest absolute Gasteiger partial charge is 0.317 e. The maximum atomic E-state index is 12.6. The number of likely N-dealkylation sites (tertiary alicyclic amines) is 1. The molecule has 0 bridgehead atoms. The van der Waals surface area contributed by atoms with E-state index in [1.165, 1.54) is 5.56 Å². The third kappa shape index (κ3) is 3.27. The highest BCUT2D eigenvalue weighted by molar-refractivity contribution is 5.83. The number of nitrogens with one attached hydrogen (secondary N) is 1. The third-order valence-electron chi connectivity index (χ3n) is 7.17. The molecule has 2 amide bonds. The van der Waals surface area contributed by atoms with E-state index in [2.05, 4.69) is 57.3 Å². The summed E-state index contributed by atoms with van der Waals surface area (Å²) in [5, 5.41) is 12.3. The molecule has 0 saturated carbocycles. The fraction of sp³-hybridized carbons (Fsp3) is 0.296. The highest BCUT2D eigenvalue weighted by Gasteiger charge is 2.49. The van der Waals surface area contributed by atoms with Gasteiger partial charge in [-0.2, -0.15) is 0 Å². The van der Waals surface area contributed by atoms with Crippen molar-refractivity contribution < 1.29 is 9.90 Å². The summed E-state index contributed by atoms with van der Waals surface area (Å²) < 4.78 is 2.40. The number of pyridine rings is 1. The Morgan fingerprint density at radius 2 is 1.91 bits per heavy atom. The quantitative estimate of drug-likeness (QED) is 0.490. The Kier molecular flexibility index (Phi) is 5.07. The highest BCUT2D eigenvalue weighted by Crippen LogP contribution is 2.50. The van der Waals surface area contributed by atoms with Gasteiger partial charge in [-0.15, -0.1) is 0 Å². The number of carbonyl (C=O) groups is 1. The standard InChI is InChI=1S/C27H27N5O2/c1-2-28-27(34)31-14-21-22(15-31)26-30-23-11-9-18(19-8-10-20(16-33)29-13-19)12-24(23)32(26)25(21)17-6-4-3-5-7-17/h3-13,21-22,25,33H,2,14-16H2,1H3,(H,28,34)/t21-,22+,25-/m0/s1. The third-order valence-corrected chi connectivity index (χ3v) is 7.17. The van der Waals surface area contributed by atoms with Crippen molar-refractivity contribution in [3.63, 3.8) is 0 Å². The van der Waals surface area contributed by atoms with Gasteiger partial charge in [0.2, 0.25) is 0 Å². The topological polar surface area (TPSA) is 83.3 Å². The minimum absolute atomic E-state index is 0.00693. The van der Waals surface area contributed by atoms with Crippen LogP contribution in [0.15, 0.2) is 66.9 Å². The minimum atomic E-state index is -0.0652. The fourth-order valence-corrected chi connectivity index (χ4v) is 5.62. The monoisotopic (exact) mass is 453 g/mol. The Morgan fingerprint density at radius 3 is 2.65 bits per heavy atom. The maximum Gasteiger partial charge on any atom is 0.317 e. The lowest BCUT2D eigenvalue weighted by Crippen LogP contribution is -2.39. The van der Waals surface area contributed by atoms with E-state index in [1.54, 1.807) is 0 Å². The van der Waals surface area contributed by atoms with Crippen LogP contribution in [-0.4, -0.2) is 50.2 Å². The van der Waals surface area contributed by atoms with Crippen molar-refractivity contribution in [2.45, 2.75) is 25.5 Å². The van der Waals surface area contributed by atoms with Gasteiger partial charge in [0.05, 0.1) is 29.4 Å². The van der Waals surface area contributed by atoms with Crippen LogP contribution in [0.5, 0.6) is 0 Å². The van der Waals surface area contributed by atoms with Gasteiger partial charge in [-0.05, 0) is 36.2 Å². The number of fused-ring (bicyclic) bond motifs is 5.